The average Bonchev–Trinajstić information content (AvgIpc) is 1.65. The van der Waals surface area contributed by atoms with Crippen LogP contribution < -0.4 is 6.15 Å². The Balaban J connectivity index is -0.0000000325. The molecule has 0 aromatic rings. The van der Waals surface area contributed by atoms with Gasteiger partial charge in [-0.15, -0.1) is 0 Å². The lowest BCUT2D eigenvalue weighted by molar-refractivity contribution is 0.216. The minimum absolute atomic E-state index is 0. The third-order valence-corrected chi connectivity index (χ3v) is 0. The van der Waals surface area contributed by atoms with Gasteiger partial charge < -0.3 is 21.5 Å². The molecule has 0 unspecified atom stereocenters. The number of hydrogen-bond donors (Lipinski definition) is 4. The Morgan fingerprint density at radius 2 is 1.00 bits per heavy atom. The van der Waals surface area contributed by atoms with Crippen molar-refractivity contribution in [2.45, 2.75) is 33.8 Å². The minimum Gasteiger partial charge on any atom is -0.397 e. The van der Waals surface area contributed by atoms with Crippen LogP contribution in [0.15, 0.2) is 0 Å². The summed E-state index contributed by atoms with van der Waals surface area (Å²) in [6.45, 7) is 7.31. The minimum atomic E-state index is -0.167. The van der Waals surface area contributed by atoms with Crippen LogP contribution in [0.2, 0.25) is 0 Å². The predicted molar refractivity (Wildman–Crippen MR) is 47.9 cm³/mol. The molecule has 11 heavy (non-hydrogen) atoms. The Morgan fingerprint density at radius 1 is 1.00 bits per heavy atom. The van der Waals surface area contributed by atoms with Gasteiger partial charge in [0, 0.05) is 19.3 Å². The highest BCUT2D eigenvalue weighted by Crippen LogP contribution is 1.65. The molecule has 0 aromatic carbocycles. The highest BCUT2D eigenvalue weighted by molar-refractivity contribution is 4.20. The van der Waals surface area contributed by atoms with E-state index in [2.05, 4.69) is 0 Å². The lowest BCUT2D eigenvalue weighted by Gasteiger charge is -1.80. The van der Waals surface area contributed by atoms with Crippen LogP contribution in [0.1, 0.15) is 27.7 Å². The summed E-state index contributed by atoms with van der Waals surface area (Å²) in [5.41, 5.74) is 0. The Bertz CT molecular complexity index is 30.1. The SMILES string of the molecule is CC(C)O.CCO.CCO.N. The third kappa shape index (κ3) is 23600. The van der Waals surface area contributed by atoms with Crippen molar-refractivity contribution < 1.29 is 15.3 Å². The van der Waals surface area contributed by atoms with Crippen molar-refractivity contribution in [2.24, 2.45) is 0 Å². The first-order valence-corrected chi connectivity index (χ1v) is 3.46. The van der Waals surface area contributed by atoms with E-state index in [0.717, 1.165) is 0 Å². The summed E-state index contributed by atoms with van der Waals surface area (Å²) < 4.78 is 0. The van der Waals surface area contributed by atoms with E-state index in [1.54, 1.807) is 27.7 Å². The number of hydrogen-bond acceptors (Lipinski definition) is 4. The molecule has 0 amide bonds. The second-order valence-corrected chi connectivity index (χ2v) is 1.73. The van der Waals surface area contributed by atoms with Crippen LogP contribution in [0.5, 0.6) is 0 Å². The van der Waals surface area contributed by atoms with Crippen LogP contribution in [0.3, 0.4) is 0 Å². The molecule has 0 aliphatic rings. The van der Waals surface area contributed by atoms with Crippen molar-refractivity contribution in [3.8, 4) is 0 Å². The van der Waals surface area contributed by atoms with Gasteiger partial charge in [-0.2, -0.15) is 0 Å². The number of aliphatic hydroxyl groups excluding tert-OH is 3. The third-order valence-electron chi connectivity index (χ3n) is 0. The van der Waals surface area contributed by atoms with Crippen LogP contribution in [0, 0.1) is 0 Å². The Labute approximate surface area is 69.5 Å². The van der Waals surface area contributed by atoms with Gasteiger partial charge in [-0.25, -0.2) is 0 Å². The fourth-order valence-corrected chi connectivity index (χ4v) is 0. The first-order chi connectivity index (χ1) is 4.56. The molecule has 4 heteroatoms. The monoisotopic (exact) mass is 169 g/mol. The molecule has 0 bridgehead atoms. The second-order valence-electron chi connectivity index (χ2n) is 1.73. The maximum absolute atomic E-state index is 8.06. The van der Waals surface area contributed by atoms with E-state index in [1.165, 1.54) is 0 Å². The molecule has 0 saturated carbocycles. The molecule has 0 spiro atoms. The van der Waals surface area contributed by atoms with Gasteiger partial charge in [0.1, 0.15) is 0 Å². The molecule has 0 saturated heterocycles. The van der Waals surface area contributed by atoms with E-state index < -0.39 is 0 Å². The molecular formula is C7H23NO3. The molecule has 4 nitrogen and oxygen atoms in total. The van der Waals surface area contributed by atoms with Gasteiger partial charge in [-0.3, -0.25) is 0 Å². The highest BCUT2D eigenvalue weighted by Gasteiger charge is 1.69. The quantitative estimate of drug-likeness (QED) is 0.425. The topological polar surface area (TPSA) is 95.7 Å². The zero-order valence-corrected chi connectivity index (χ0v) is 8.04. The smallest absolute Gasteiger partial charge is 0.0483 e. The van der Waals surface area contributed by atoms with Gasteiger partial charge >= 0.3 is 0 Å². The molecule has 0 heterocycles. The van der Waals surface area contributed by atoms with Gasteiger partial charge in [-0.1, -0.05) is 0 Å². The van der Waals surface area contributed by atoms with E-state index in [4.69, 9.17) is 15.3 Å². The van der Waals surface area contributed by atoms with Gasteiger partial charge in [-0.05, 0) is 27.7 Å². The Hall–Kier alpha value is -0.160. The van der Waals surface area contributed by atoms with E-state index in [1.807, 2.05) is 0 Å². The van der Waals surface area contributed by atoms with Gasteiger partial charge in [0.25, 0.3) is 0 Å². The standard InChI is InChI=1S/C3H8O.2C2H6O.H3N/c1-3(2)4;2*1-2-3;/h3-4H,1-2H3;2*3H,2H2,1H3;1H3. The fraction of sp³-hybridized carbons (Fsp3) is 1.00. The maximum atomic E-state index is 8.06. The summed E-state index contributed by atoms with van der Waals surface area (Å²) in [5.74, 6) is 0. The molecule has 6 N–H and O–H groups in total. The molecule has 0 aromatic heterocycles. The van der Waals surface area contributed by atoms with E-state index >= 15 is 0 Å². The summed E-state index contributed by atoms with van der Waals surface area (Å²) >= 11 is 0. The Morgan fingerprint density at radius 3 is 1.00 bits per heavy atom. The lowest BCUT2D eigenvalue weighted by atomic mass is 10.5. The summed E-state index contributed by atoms with van der Waals surface area (Å²) in [6.07, 6.45) is -0.167. The van der Waals surface area contributed by atoms with Crippen LogP contribution in [0.25, 0.3) is 0 Å². The van der Waals surface area contributed by atoms with Crippen molar-refractivity contribution in [1.82, 2.24) is 6.15 Å². The molecule has 0 rings (SSSR count). The summed E-state index contributed by atoms with van der Waals surface area (Å²) in [5, 5.41) is 23.2. The summed E-state index contributed by atoms with van der Waals surface area (Å²) in [6, 6.07) is 0. The highest BCUT2D eigenvalue weighted by atomic mass is 16.3. The number of rotatable bonds is 0. The molecule has 0 aliphatic heterocycles. The van der Waals surface area contributed by atoms with Crippen molar-refractivity contribution in [3.05, 3.63) is 0 Å². The van der Waals surface area contributed by atoms with Crippen LogP contribution in [0.4, 0.5) is 0 Å². The molecule has 0 aliphatic carbocycles. The molecule has 0 fully saturated rings. The van der Waals surface area contributed by atoms with Crippen molar-refractivity contribution in [2.75, 3.05) is 13.2 Å². The van der Waals surface area contributed by atoms with Crippen molar-refractivity contribution in [3.63, 3.8) is 0 Å². The zero-order valence-electron chi connectivity index (χ0n) is 8.04. The van der Waals surface area contributed by atoms with Crippen LogP contribution >= 0.6 is 0 Å². The molecule has 0 atom stereocenters. The molecular weight excluding hydrogens is 146 g/mol. The van der Waals surface area contributed by atoms with Crippen molar-refractivity contribution >= 4 is 0 Å². The molecule has 0 radical (unpaired) electrons. The summed E-state index contributed by atoms with van der Waals surface area (Å²) in [7, 11) is 0. The van der Waals surface area contributed by atoms with Crippen LogP contribution in [-0.2, 0) is 0 Å². The van der Waals surface area contributed by atoms with E-state index in [-0.39, 0.29) is 25.5 Å². The summed E-state index contributed by atoms with van der Waals surface area (Å²) in [4.78, 5) is 0. The number of aliphatic hydroxyl groups is 3. The average molecular weight is 169 g/mol. The van der Waals surface area contributed by atoms with E-state index in [9.17, 15) is 0 Å². The predicted octanol–water partition coefficient (Wildman–Crippen LogP) is 0.546. The van der Waals surface area contributed by atoms with Crippen LogP contribution in [-0.4, -0.2) is 34.6 Å². The van der Waals surface area contributed by atoms with Gasteiger partial charge in [0.15, 0.2) is 0 Å². The second kappa shape index (κ2) is 32.8. The zero-order chi connectivity index (χ0) is 8.99. The fourth-order valence-electron chi connectivity index (χ4n) is 0. The Kier molecular flexibility index (Phi) is 66.9. The first kappa shape index (κ1) is 22.4. The maximum Gasteiger partial charge on any atom is 0.0483 e. The first-order valence-electron chi connectivity index (χ1n) is 3.46. The lowest BCUT2D eigenvalue weighted by Crippen LogP contribution is -1.85. The van der Waals surface area contributed by atoms with Gasteiger partial charge in [0.2, 0.25) is 0 Å². The molecule has 74 valence electrons. The van der Waals surface area contributed by atoms with E-state index in [0.29, 0.717) is 0 Å². The largest absolute Gasteiger partial charge is 0.397 e. The normalized spacial score (nSPS) is 6.55. The van der Waals surface area contributed by atoms with Crippen molar-refractivity contribution in [1.29, 1.82) is 0 Å². The van der Waals surface area contributed by atoms with Gasteiger partial charge in [0.05, 0.1) is 0 Å².